The van der Waals surface area contributed by atoms with Crippen LogP contribution in [0.5, 0.6) is 0 Å². The Bertz CT molecular complexity index is 230. The molecule has 0 spiro atoms. The molecule has 2 fully saturated rings. The van der Waals surface area contributed by atoms with Crippen molar-refractivity contribution in [3.05, 3.63) is 0 Å². The maximum atomic E-state index is 3.65. The van der Waals surface area contributed by atoms with Crippen LogP contribution in [0.2, 0.25) is 0 Å². The second-order valence-corrected chi connectivity index (χ2v) is 7.15. The van der Waals surface area contributed by atoms with E-state index in [1.54, 1.807) is 0 Å². The second kappa shape index (κ2) is 7.64. The first-order valence-electron chi connectivity index (χ1n) is 8.67. The van der Waals surface area contributed by atoms with E-state index in [1.165, 1.54) is 77.5 Å². The van der Waals surface area contributed by atoms with Crippen molar-refractivity contribution in [1.82, 2.24) is 10.2 Å². The molecule has 112 valence electrons. The molecule has 0 bridgehead atoms. The van der Waals surface area contributed by atoms with E-state index in [4.69, 9.17) is 0 Å². The van der Waals surface area contributed by atoms with Gasteiger partial charge in [0.05, 0.1) is 0 Å². The molecule has 0 aromatic rings. The lowest BCUT2D eigenvalue weighted by molar-refractivity contribution is 0.0885. The molecule has 1 aliphatic heterocycles. The summed E-state index contributed by atoms with van der Waals surface area (Å²) in [6.07, 6.45) is 11.5. The summed E-state index contributed by atoms with van der Waals surface area (Å²) < 4.78 is 0. The van der Waals surface area contributed by atoms with Gasteiger partial charge in [0, 0.05) is 13.1 Å². The van der Waals surface area contributed by atoms with E-state index < -0.39 is 0 Å². The molecule has 1 saturated carbocycles. The molecular formula is C17H34N2. The first kappa shape index (κ1) is 15.3. The smallest absolute Gasteiger partial charge is 0.00501 e. The van der Waals surface area contributed by atoms with Gasteiger partial charge in [-0.2, -0.15) is 0 Å². The third kappa shape index (κ3) is 4.75. The molecule has 0 atom stereocenters. The van der Waals surface area contributed by atoms with Crippen molar-refractivity contribution in [2.24, 2.45) is 11.3 Å². The lowest BCUT2D eigenvalue weighted by atomic mass is 9.70. The Kier molecular flexibility index (Phi) is 6.15. The molecule has 0 radical (unpaired) electrons. The summed E-state index contributed by atoms with van der Waals surface area (Å²) in [6, 6.07) is 0. The van der Waals surface area contributed by atoms with Crippen molar-refractivity contribution in [1.29, 1.82) is 0 Å². The Morgan fingerprint density at radius 3 is 2.26 bits per heavy atom. The molecule has 1 N–H and O–H groups in total. The van der Waals surface area contributed by atoms with Gasteiger partial charge in [0.2, 0.25) is 0 Å². The first-order chi connectivity index (χ1) is 9.24. The van der Waals surface area contributed by atoms with Crippen LogP contribution in [0.1, 0.15) is 65.2 Å². The van der Waals surface area contributed by atoms with Crippen molar-refractivity contribution >= 4 is 0 Å². The van der Waals surface area contributed by atoms with Gasteiger partial charge in [0.25, 0.3) is 0 Å². The fourth-order valence-corrected chi connectivity index (χ4v) is 3.92. The van der Waals surface area contributed by atoms with Crippen LogP contribution in [0.3, 0.4) is 0 Å². The Hall–Kier alpha value is -0.0800. The second-order valence-electron chi connectivity index (χ2n) is 7.15. The highest BCUT2D eigenvalue weighted by molar-refractivity contribution is 4.89. The highest BCUT2D eigenvalue weighted by atomic mass is 15.1. The molecule has 0 amide bonds. The van der Waals surface area contributed by atoms with Gasteiger partial charge in [-0.1, -0.05) is 39.5 Å². The summed E-state index contributed by atoms with van der Waals surface area (Å²) in [5.74, 6) is 0.957. The number of nitrogens with zero attached hydrogens (tertiary/aromatic N) is 1. The van der Waals surface area contributed by atoms with E-state index in [1.807, 2.05) is 0 Å². The fourth-order valence-electron chi connectivity index (χ4n) is 3.92. The topological polar surface area (TPSA) is 15.3 Å². The van der Waals surface area contributed by atoms with E-state index in [9.17, 15) is 0 Å². The van der Waals surface area contributed by atoms with Gasteiger partial charge >= 0.3 is 0 Å². The maximum absolute atomic E-state index is 3.65. The van der Waals surface area contributed by atoms with Crippen LogP contribution in [-0.4, -0.2) is 37.6 Å². The summed E-state index contributed by atoms with van der Waals surface area (Å²) in [6.45, 7) is 11.1. The average Bonchev–Trinajstić information content (AvgIpc) is 2.68. The zero-order chi connectivity index (χ0) is 13.6. The predicted octanol–water partition coefficient (Wildman–Crippen LogP) is 3.67. The third-order valence-corrected chi connectivity index (χ3v) is 5.34. The van der Waals surface area contributed by atoms with Gasteiger partial charge in [0.1, 0.15) is 0 Å². The zero-order valence-electron chi connectivity index (χ0n) is 13.2. The fraction of sp³-hybridized carbons (Fsp3) is 1.00. The van der Waals surface area contributed by atoms with Crippen LogP contribution in [0, 0.1) is 11.3 Å². The van der Waals surface area contributed by atoms with Gasteiger partial charge in [-0.25, -0.2) is 0 Å². The molecule has 1 aliphatic carbocycles. The van der Waals surface area contributed by atoms with Crippen LogP contribution in [0.25, 0.3) is 0 Å². The largest absolute Gasteiger partial charge is 0.316 e. The van der Waals surface area contributed by atoms with Crippen LogP contribution in [0.4, 0.5) is 0 Å². The van der Waals surface area contributed by atoms with Gasteiger partial charge in [0.15, 0.2) is 0 Å². The van der Waals surface area contributed by atoms with Crippen LogP contribution in [-0.2, 0) is 0 Å². The van der Waals surface area contributed by atoms with Crippen molar-refractivity contribution in [2.75, 3.05) is 32.7 Å². The Morgan fingerprint density at radius 1 is 1.05 bits per heavy atom. The van der Waals surface area contributed by atoms with E-state index in [-0.39, 0.29) is 0 Å². The van der Waals surface area contributed by atoms with Gasteiger partial charge in [-0.15, -0.1) is 0 Å². The number of hydrogen-bond donors (Lipinski definition) is 1. The Labute approximate surface area is 120 Å². The lowest BCUT2D eigenvalue weighted by Crippen LogP contribution is -2.46. The van der Waals surface area contributed by atoms with Gasteiger partial charge in [-0.05, 0) is 56.7 Å². The Morgan fingerprint density at radius 2 is 1.68 bits per heavy atom. The highest BCUT2D eigenvalue weighted by Crippen LogP contribution is 2.39. The predicted molar refractivity (Wildman–Crippen MR) is 83.5 cm³/mol. The summed E-state index contributed by atoms with van der Waals surface area (Å²) in [5, 5.41) is 3.65. The standard InChI is InChI=1S/C17H34N2/c1-3-18-14-17(10-8-16(2)9-11-17)15-19-12-6-4-5-7-13-19/h16,18H,3-15H2,1-2H3. The monoisotopic (exact) mass is 266 g/mol. The minimum atomic E-state index is 0.576. The van der Waals surface area contributed by atoms with Crippen LogP contribution < -0.4 is 5.32 Å². The number of nitrogens with one attached hydrogen (secondary N) is 1. The number of hydrogen-bond acceptors (Lipinski definition) is 2. The number of rotatable bonds is 5. The summed E-state index contributed by atoms with van der Waals surface area (Å²) in [7, 11) is 0. The molecule has 2 aliphatic rings. The molecule has 1 heterocycles. The molecule has 2 nitrogen and oxygen atoms in total. The number of likely N-dealkylation sites (tertiary alicyclic amines) is 1. The van der Waals surface area contributed by atoms with Crippen molar-refractivity contribution in [2.45, 2.75) is 65.2 Å². The summed E-state index contributed by atoms with van der Waals surface area (Å²) in [4.78, 5) is 2.78. The zero-order valence-corrected chi connectivity index (χ0v) is 13.2. The van der Waals surface area contributed by atoms with E-state index in [0.717, 1.165) is 12.5 Å². The van der Waals surface area contributed by atoms with Crippen LogP contribution in [0.15, 0.2) is 0 Å². The maximum Gasteiger partial charge on any atom is 0.00501 e. The molecule has 19 heavy (non-hydrogen) atoms. The first-order valence-corrected chi connectivity index (χ1v) is 8.67. The molecule has 0 unspecified atom stereocenters. The van der Waals surface area contributed by atoms with Gasteiger partial charge < -0.3 is 10.2 Å². The molecule has 0 aromatic heterocycles. The van der Waals surface area contributed by atoms with Crippen LogP contribution >= 0.6 is 0 Å². The van der Waals surface area contributed by atoms with E-state index in [0.29, 0.717) is 5.41 Å². The van der Waals surface area contributed by atoms with Gasteiger partial charge in [-0.3, -0.25) is 0 Å². The molecule has 2 heteroatoms. The summed E-state index contributed by atoms with van der Waals surface area (Å²) in [5.41, 5.74) is 0.576. The SMILES string of the molecule is CCNCC1(CN2CCCCCC2)CCC(C)CC1. The molecular weight excluding hydrogens is 232 g/mol. The molecule has 2 rings (SSSR count). The minimum absolute atomic E-state index is 0.576. The van der Waals surface area contributed by atoms with Crippen molar-refractivity contribution in [3.63, 3.8) is 0 Å². The van der Waals surface area contributed by atoms with E-state index >= 15 is 0 Å². The molecule has 1 saturated heterocycles. The normalized spacial score (nSPS) is 34.1. The quantitative estimate of drug-likeness (QED) is 0.817. The Balaban J connectivity index is 1.92. The third-order valence-electron chi connectivity index (χ3n) is 5.34. The highest BCUT2D eigenvalue weighted by Gasteiger charge is 2.35. The van der Waals surface area contributed by atoms with E-state index in [2.05, 4.69) is 24.1 Å². The lowest BCUT2D eigenvalue weighted by Gasteiger charge is -2.43. The van der Waals surface area contributed by atoms with Crippen molar-refractivity contribution in [3.8, 4) is 0 Å². The average molecular weight is 266 g/mol. The minimum Gasteiger partial charge on any atom is -0.316 e. The molecule has 0 aromatic carbocycles. The van der Waals surface area contributed by atoms with Crippen molar-refractivity contribution < 1.29 is 0 Å². The summed E-state index contributed by atoms with van der Waals surface area (Å²) >= 11 is 0.